The van der Waals surface area contributed by atoms with E-state index in [1.165, 1.54) is 12.1 Å². The number of likely N-dealkylation sites (tertiary alicyclic amines) is 1. The first-order valence-corrected chi connectivity index (χ1v) is 15.2. The van der Waals surface area contributed by atoms with Crippen LogP contribution in [0.15, 0.2) is 53.1 Å². The van der Waals surface area contributed by atoms with Crippen molar-refractivity contribution in [2.75, 3.05) is 11.4 Å². The molecule has 1 fully saturated rings. The van der Waals surface area contributed by atoms with E-state index >= 15 is 0 Å². The van der Waals surface area contributed by atoms with Crippen LogP contribution >= 0.6 is 15.9 Å². The summed E-state index contributed by atoms with van der Waals surface area (Å²) in [7, 11) is 0. The van der Waals surface area contributed by atoms with Crippen LogP contribution in [0.3, 0.4) is 0 Å². The van der Waals surface area contributed by atoms with E-state index in [4.69, 9.17) is 5.10 Å². The lowest BCUT2D eigenvalue weighted by Gasteiger charge is -2.47. The molecule has 6 rings (SSSR count). The topological polar surface area (TPSA) is 100 Å². The van der Waals surface area contributed by atoms with Gasteiger partial charge in [0.05, 0.1) is 29.4 Å². The predicted octanol–water partition coefficient (Wildman–Crippen LogP) is 6.73. The van der Waals surface area contributed by atoms with Gasteiger partial charge >= 0.3 is 6.18 Å². The van der Waals surface area contributed by atoms with Gasteiger partial charge in [-0.15, -0.1) is 0 Å². The van der Waals surface area contributed by atoms with E-state index in [9.17, 15) is 22.8 Å². The van der Waals surface area contributed by atoms with Crippen molar-refractivity contribution in [2.45, 2.75) is 58.8 Å². The Morgan fingerprint density at radius 2 is 1.89 bits per heavy atom. The zero-order valence-electron chi connectivity index (χ0n) is 24.6. The van der Waals surface area contributed by atoms with Crippen LogP contribution in [0, 0.1) is 18.8 Å². The molecule has 1 N–H and O–H groups in total. The molecule has 1 saturated heterocycles. The van der Waals surface area contributed by atoms with Crippen LogP contribution in [0.5, 0.6) is 0 Å². The van der Waals surface area contributed by atoms with Crippen LogP contribution in [-0.2, 0) is 17.4 Å². The summed E-state index contributed by atoms with van der Waals surface area (Å²) >= 11 is 2.95. The second-order valence-corrected chi connectivity index (χ2v) is 12.8. The first kappa shape index (κ1) is 30.0. The Morgan fingerprint density at radius 1 is 1.16 bits per heavy atom. The number of aromatic amines is 1. The van der Waals surface area contributed by atoms with E-state index in [0.29, 0.717) is 41.9 Å². The lowest BCUT2D eigenvalue weighted by molar-refractivity contribution is -0.138. The number of hydrogen-bond donors (Lipinski definition) is 1. The predicted molar refractivity (Wildman–Crippen MR) is 161 cm³/mol. The molecule has 2 aliphatic heterocycles. The zero-order chi connectivity index (χ0) is 31.5. The van der Waals surface area contributed by atoms with E-state index < -0.39 is 35.6 Å². The lowest BCUT2D eigenvalue weighted by atomic mass is 9.84. The maximum absolute atomic E-state index is 14.3. The number of piperidine rings is 1. The normalized spacial score (nSPS) is 20.2. The molecular weight excluding hydrogens is 639 g/mol. The number of alkyl halides is 3. The fraction of sp³-hybridized carbons (Fsp3) is 0.387. The van der Waals surface area contributed by atoms with Crippen molar-refractivity contribution in [3.8, 4) is 11.4 Å². The zero-order valence-corrected chi connectivity index (χ0v) is 26.1. The Labute approximate surface area is 260 Å². The molecule has 3 atom stereocenters. The maximum atomic E-state index is 14.3. The molecule has 230 valence electrons. The van der Waals surface area contributed by atoms with Gasteiger partial charge in [-0.2, -0.15) is 23.4 Å². The third-order valence-electron chi connectivity index (χ3n) is 8.27. The summed E-state index contributed by atoms with van der Waals surface area (Å²) < 4.78 is 42.5. The molecule has 0 bridgehead atoms. The van der Waals surface area contributed by atoms with Gasteiger partial charge in [-0.1, -0.05) is 29.8 Å². The third kappa shape index (κ3) is 5.31. The number of rotatable bonds is 5. The maximum Gasteiger partial charge on any atom is 0.417 e. The Morgan fingerprint density at radius 3 is 2.52 bits per heavy atom. The van der Waals surface area contributed by atoms with Crippen molar-refractivity contribution in [3.05, 3.63) is 75.6 Å². The summed E-state index contributed by atoms with van der Waals surface area (Å²) in [5, 5.41) is 11.8. The highest BCUT2D eigenvalue weighted by Gasteiger charge is 2.48. The van der Waals surface area contributed by atoms with Crippen LogP contribution in [0.25, 0.3) is 11.4 Å². The fourth-order valence-corrected chi connectivity index (χ4v) is 6.68. The molecule has 0 spiro atoms. The SMILES string of the molecule is Cc1nc(-c2ccc(N3C(=O)C4C[C@H](C)N(C(=O)c5ccc(Br)c(C(F)(F)F)c5)CC4n4ncc(CC(C)C)c43)cc2)n[nH]1. The summed E-state index contributed by atoms with van der Waals surface area (Å²) in [6, 6.07) is 10.1. The third-order valence-corrected chi connectivity index (χ3v) is 8.96. The van der Waals surface area contributed by atoms with E-state index in [1.54, 1.807) is 16.0 Å². The first-order valence-electron chi connectivity index (χ1n) is 14.4. The van der Waals surface area contributed by atoms with Gasteiger partial charge in [0.2, 0.25) is 5.91 Å². The van der Waals surface area contributed by atoms with E-state index in [0.717, 1.165) is 17.2 Å². The summed E-state index contributed by atoms with van der Waals surface area (Å²) in [5.74, 6) is 1.09. The highest BCUT2D eigenvalue weighted by Crippen LogP contribution is 2.45. The van der Waals surface area contributed by atoms with Crippen LogP contribution < -0.4 is 4.90 Å². The van der Waals surface area contributed by atoms with Crippen molar-refractivity contribution in [1.29, 1.82) is 0 Å². The second kappa shape index (κ2) is 11.2. The summed E-state index contributed by atoms with van der Waals surface area (Å²) in [6.07, 6.45) is -1.82. The smallest absolute Gasteiger partial charge is 0.334 e. The molecule has 13 heteroatoms. The van der Waals surface area contributed by atoms with Gasteiger partial charge in [0.25, 0.3) is 5.91 Å². The van der Waals surface area contributed by atoms with Gasteiger partial charge in [0.1, 0.15) is 11.6 Å². The number of carbonyl (C=O) groups excluding carboxylic acids is 2. The monoisotopic (exact) mass is 669 g/mol. The fourth-order valence-electron chi connectivity index (χ4n) is 6.21. The van der Waals surface area contributed by atoms with Crippen molar-refractivity contribution in [3.63, 3.8) is 0 Å². The Bertz CT molecular complexity index is 1730. The number of aryl methyl sites for hydroxylation is 1. The number of H-pyrrole nitrogens is 1. The number of anilines is 2. The lowest BCUT2D eigenvalue weighted by Crippen LogP contribution is -2.56. The molecule has 0 saturated carbocycles. The Balaban J connectivity index is 1.37. The van der Waals surface area contributed by atoms with Gasteiger partial charge in [-0.05, 0) is 75.1 Å². The molecule has 44 heavy (non-hydrogen) atoms. The molecule has 4 heterocycles. The standard InChI is InChI=1S/C31H31BrF3N7O2/c1-16(2)11-21-14-36-42-26-15-40(29(43)20-7-10-25(32)24(13-20)31(33,34)35)17(3)12-23(26)30(44)41(28(21)42)22-8-5-19(6-9-22)27-37-18(4)38-39-27/h5-10,13-14,16-17,23,26H,11-12,15H2,1-4H3,(H,37,38,39)/t17-,23?,26?/m0/s1. The van der Waals surface area contributed by atoms with E-state index in [-0.39, 0.29) is 22.5 Å². The average Bonchev–Trinajstić information content (AvgIpc) is 3.59. The van der Waals surface area contributed by atoms with Crippen LogP contribution in [-0.4, -0.2) is 54.3 Å². The number of halogens is 4. The molecule has 2 aromatic heterocycles. The van der Waals surface area contributed by atoms with Crippen LogP contribution in [0.2, 0.25) is 0 Å². The highest BCUT2D eigenvalue weighted by atomic mass is 79.9. The molecule has 2 amide bonds. The van der Waals surface area contributed by atoms with Gasteiger partial charge < -0.3 is 4.90 Å². The molecule has 2 aliphatic rings. The minimum atomic E-state index is -4.62. The number of fused-ring (bicyclic) bond motifs is 3. The van der Waals surface area contributed by atoms with Crippen LogP contribution in [0.4, 0.5) is 24.7 Å². The number of carbonyl (C=O) groups is 2. The van der Waals surface area contributed by atoms with Crippen molar-refractivity contribution < 1.29 is 22.8 Å². The molecule has 2 aromatic carbocycles. The molecule has 4 aromatic rings. The minimum Gasteiger partial charge on any atom is -0.334 e. The van der Waals surface area contributed by atoms with Crippen molar-refractivity contribution in [1.82, 2.24) is 29.9 Å². The van der Waals surface area contributed by atoms with Gasteiger partial charge in [-0.3, -0.25) is 19.6 Å². The van der Waals surface area contributed by atoms with Gasteiger partial charge in [0.15, 0.2) is 5.82 Å². The largest absolute Gasteiger partial charge is 0.417 e. The number of aromatic nitrogens is 5. The Kier molecular flexibility index (Phi) is 7.63. The van der Waals surface area contributed by atoms with E-state index in [1.807, 2.05) is 42.8 Å². The number of nitrogens with zero attached hydrogens (tertiary/aromatic N) is 6. The number of hydrogen-bond acceptors (Lipinski definition) is 5. The molecular formula is C31H31BrF3N7O2. The summed E-state index contributed by atoms with van der Waals surface area (Å²) in [5.41, 5.74) is 1.42. The molecule has 0 aliphatic carbocycles. The van der Waals surface area contributed by atoms with Gasteiger partial charge in [-0.25, -0.2) is 9.67 Å². The quantitative estimate of drug-likeness (QED) is 0.254. The van der Waals surface area contributed by atoms with Crippen molar-refractivity contribution >= 4 is 39.2 Å². The molecule has 9 nitrogen and oxygen atoms in total. The summed E-state index contributed by atoms with van der Waals surface area (Å²) in [4.78, 5) is 35.7. The average molecular weight is 671 g/mol. The molecule has 0 radical (unpaired) electrons. The second-order valence-electron chi connectivity index (χ2n) is 11.9. The minimum absolute atomic E-state index is 0.0579. The number of benzene rings is 2. The van der Waals surface area contributed by atoms with Gasteiger partial charge in [0, 0.05) is 33.7 Å². The van der Waals surface area contributed by atoms with Crippen LogP contribution in [0.1, 0.15) is 60.5 Å². The van der Waals surface area contributed by atoms with Crippen molar-refractivity contribution in [2.24, 2.45) is 11.8 Å². The summed E-state index contributed by atoms with van der Waals surface area (Å²) in [6.45, 7) is 7.97. The number of nitrogens with one attached hydrogen (secondary N) is 1. The number of amides is 2. The Hall–Kier alpha value is -4.00. The molecule has 2 unspecified atom stereocenters. The highest BCUT2D eigenvalue weighted by molar-refractivity contribution is 9.10. The van der Waals surface area contributed by atoms with E-state index in [2.05, 4.69) is 45.0 Å². The first-order chi connectivity index (χ1) is 20.8.